The van der Waals surface area contributed by atoms with Gasteiger partial charge < -0.3 is 15.2 Å². The number of phenols is 1. The Hall–Kier alpha value is -4.14. The molecule has 3 N–H and O–H groups in total. The predicted molar refractivity (Wildman–Crippen MR) is 114 cm³/mol. The van der Waals surface area contributed by atoms with Crippen molar-refractivity contribution in [2.45, 2.75) is 6.92 Å². The van der Waals surface area contributed by atoms with Crippen molar-refractivity contribution in [3.63, 3.8) is 0 Å². The van der Waals surface area contributed by atoms with E-state index in [1.54, 1.807) is 6.92 Å². The van der Waals surface area contributed by atoms with E-state index in [-0.39, 0.29) is 35.9 Å². The fourth-order valence-corrected chi connectivity index (χ4v) is 2.85. The third kappa shape index (κ3) is 4.82. The van der Waals surface area contributed by atoms with Gasteiger partial charge in [0, 0.05) is 22.7 Å². The molecule has 0 aliphatic heterocycles. The maximum Gasteiger partial charge on any atom is 0.274 e. The Labute approximate surface area is 172 Å². The third-order valence-corrected chi connectivity index (χ3v) is 4.22. The van der Waals surface area contributed by atoms with E-state index in [4.69, 9.17) is 4.74 Å². The molecule has 0 unspecified atom stereocenters. The highest BCUT2D eigenvalue weighted by atomic mass is 16.6. The van der Waals surface area contributed by atoms with Gasteiger partial charge in [0.25, 0.3) is 11.6 Å². The minimum absolute atomic E-state index is 0.0305. The van der Waals surface area contributed by atoms with Crippen LogP contribution in [0.3, 0.4) is 0 Å². The van der Waals surface area contributed by atoms with Crippen LogP contribution in [0, 0.1) is 10.1 Å². The largest absolute Gasteiger partial charge is 0.504 e. The zero-order chi connectivity index (χ0) is 21.5. The Balaban J connectivity index is 1.66. The summed E-state index contributed by atoms with van der Waals surface area (Å²) in [6, 6.07) is 15.8. The van der Waals surface area contributed by atoms with E-state index in [1.807, 2.05) is 42.5 Å². The van der Waals surface area contributed by atoms with Gasteiger partial charge in [-0.3, -0.25) is 14.9 Å². The number of nitro groups is 1. The van der Waals surface area contributed by atoms with Gasteiger partial charge >= 0.3 is 0 Å². The number of ether oxygens (including phenoxy) is 1. The van der Waals surface area contributed by atoms with E-state index in [1.165, 1.54) is 0 Å². The minimum atomic E-state index is -0.605. The molecular formula is C21H20N4O5. The number of nitro benzene ring substituents is 1. The Morgan fingerprint density at radius 1 is 1.23 bits per heavy atom. The normalized spacial score (nSPS) is 10.8. The van der Waals surface area contributed by atoms with Crippen molar-refractivity contribution in [3.8, 4) is 11.5 Å². The molecule has 0 heterocycles. The lowest BCUT2D eigenvalue weighted by Gasteiger charge is -2.09. The first-order chi connectivity index (χ1) is 14.5. The smallest absolute Gasteiger partial charge is 0.274 e. The zero-order valence-corrected chi connectivity index (χ0v) is 16.2. The Morgan fingerprint density at radius 2 is 2.00 bits per heavy atom. The zero-order valence-electron chi connectivity index (χ0n) is 16.2. The van der Waals surface area contributed by atoms with Crippen molar-refractivity contribution in [2.75, 3.05) is 18.5 Å². The number of aromatic hydroxyl groups is 1. The van der Waals surface area contributed by atoms with Gasteiger partial charge in [-0.1, -0.05) is 36.4 Å². The number of fused-ring (bicyclic) bond motifs is 1. The molecule has 0 fully saturated rings. The SMILES string of the molecule is CCOc1cc([N+](=O)[O-])cc(/C=N/NC(=O)CNc2cccc3ccccc23)c1O. The Bertz CT molecular complexity index is 1110. The van der Waals surface area contributed by atoms with Crippen LogP contribution in [0.15, 0.2) is 59.7 Å². The molecule has 0 atom stereocenters. The lowest BCUT2D eigenvalue weighted by molar-refractivity contribution is -0.385. The van der Waals surface area contributed by atoms with Crippen LogP contribution in [0.25, 0.3) is 10.8 Å². The van der Waals surface area contributed by atoms with Crippen LogP contribution in [0.2, 0.25) is 0 Å². The molecule has 0 aliphatic rings. The topological polar surface area (TPSA) is 126 Å². The first-order valence-electron chi connectivity index (χ1n) is 9.17. The average Bonchev–Trinajstić information content (AvgIpc) is 2.74. The summed E-state index contributed by atoms with van der Waals surface area (Å²) < 4.78 is 5.20. The Morgan fingerprint density at radius 3 is 2.77 bits per heavy atom. The molecule has 3 aromatic rings. The first kappa shape index (κ1) is 20.6. The second-order valence-electron chi connectivity index (χ2n) is 6.25. The van der Waals surface area contributed by atoms with Crippen LogP contribution in [-0.2, 0) is 4.79 Å². The molecule has 0 bridgehead atoms. The molecule has 9 heteroatoms. The number of anilines is 1. The van der Waals surface area contributed by atoms with Gasteiger partial charge in [0.15, 0.2) is 11.5 Å². The molecule has 1 amide bonds. The molecule has 154 valence electrons. The molecule has 0 saturated carbocycles. The van der Waals surface area contributed by atoms with Crippen LogP contribution in [0.5, 0.6) is 11.5 Å². The van der Waals surface area contributed by atoms with Gasteiger partial charge in [-0.15, -0.1) is 0 Å². The lowest BCUT2D eigenvalue weighted by Crippen LogP contribution is -2.25. The van der Waals surface area contributed by atoms with E-state index in [2.05, 4.69) is 15.8 Å². The molecular weight excluding hydrogens is 388 g/mol. The van der Waals surface area contributed by atoms with Crippen LogP contribution in [0.4, 0.5) is 11.4 Å². The summed E-state index contributed by atoms with van der Waals surface area (Å²) in [5, 5.41) is 30.1. The molecule has 0 radical (unpaired) electrons. The molecule has 30 heavy (non-hydrogen) atoms. The quantitative estimate of drug-likeness (QED) is 0.298. The van der Waals surface area contributed by atoms with E-state index >= 15 is 0 Å². The molecule has 3 rings (SSSR count). The van der Waals surface area contributed by atoms with E-state index in [9.17, 15) is 20.0 Å². The monoisotopic (exact) mass is 408 g/mol. The van der Waals surface area contributed by atoms with Gasteiger partial charge in [-0.2, -0.15) is 5.10 Å². The third-order valence-electron chi connectivity index (χ3n) is 4.22. The predicted octanol–water partition coefficient (Wildman–Crippen LogP) is 3.41. The van der Waals surface area contributed by atoms with Gasteiger partial charge in [0.05, 0.1) is 30.4 Å². The summed E-state index contributed by atoms with van der Waals surface area (Å²) in [4.78, 5) is 22.5. The number of benzene rings is 3. The van der Waals surface area contributed by atoms with Gasteiger partial charge in [-0.25, -0.2) is 5.43 Å². The summed E-state index contributed by atoms with van der Waals surface area (Å²) in [6.45, 7) is 1.88. The number of rotatable bonds is 8. The van der Waals surface area contributed by atoms with E-state index in [0.717, 1.165) is 34.8 Å². The summed E-state index contributed by atoms with van der Waals surface area (Å²) in [5.41, 5.74) is 2.92. The summed E-state index contributed by atoms with van der Waals surface area (Å²) in [6.07, 6.45) is 1.13. The lowest BCUT2D eigenvalue weighted by atomic mass is 10.1. The number of carbonyl (C=O) groups is 1. The molecule has 9 nitrogen and oxygen atoms in total. The van der Waals surface area contributed by atoms with Crippen LogP contribution in [-0.4, -0.2) is 35.3 Å². The van der Waals surface area contributed by atoms with Crippen molar-refractivity contribution in [3.05, 3.63) is 70.3 Å². The second kappa shape index (κ2) is 9.37. The molecule has 0 saturated heterocycles. The molecule has 3 aromatic carbocycles. The molecule has 0 spiro atoms. The van der Waals surface area contributed by atoms with Crippen LogP contribution < -0.4 is 15.5 Å². The fourth-order valence-electron chi connectivity index (χ4n) is 2.85. The highest BCUT2D eigenvalue weighted by Gasteiger charge is 2.16. The number of carbonyl (C=O) groups excluding carboxylic acids is 1. The number of nitrogens with zero attached hydrogens (tertiary/aromatic N) is 2. The number of hydrazone groups is 1. The fraction of sp³-hybridized carbons (Fsp3) is 0.143. The number of hydrogen-bond acceptors (Lipinski definition) is 7. The molecule has 0 aromatic heterocycles. The van der Waals surface area contributed by atoms with Crippen molar-refractivity contribution in [1.29, 1.82) is 0 Å². The number of hydrogen-bond donors (Lipinski definition) is 3. The van der Waals surface area contributed by atoms with Crippen molar-refractivity contribution < 1.29 is 19.6 Å². The van der Waals surface area contributed by atoms with E-state index < -0.39 is 10.8 Å². The van der Waals surface area contributed by atoms with Crippen molar-refractivity contribution >= 4 is 34.3 Å². The minimum Gasteiger partial charge on any atom is -0.504 e. The van der Waals surface area contributed by atoms with Gasteiger partial charge in [0.2, 0.25) is 0 Å². The van der Waals surface area contributed by atoms with Crippen molar-refractivity contribution in [1.82, 2.24) is 5.43 Å². The average molecular weight is 408 g/mol. The number of phenolic OH excluding ortho intramolecular Hbond substituents is 1. The van der Waals surface area contributed by atoms with E-state index in [0.29, 0.717) is 0 Å². The number of amides is 1. The van der Waals surface area contributed by atoms with Gasteiger partial charge in [-0.05, 0) is 18.4 Å². The number of nitrogens with one attached hydrogen (secondary N) is 2. The highest BCUT2D eigenvalue weighted by molar-refractivity contribution is 5.95. The summed E-state index contributed by atoms with van der Waals surface area (Å²) >= 11 is 0. The summed E-state index contributed by atoms with van der Waals surface area (Å²) in [5.74, 6) is -0.749. The highest BCUT2D eigenvalue weighted by Crippen LogP contribution is 2.33. The molecule has 0 aliphatic carbocycles. The summed E-state index contributed by atoms with van der Waals surface area (Å²) in [7, 11) is 0. The standard InChI is InChI=1S/C21H20N4O5/c1-2-30-19-11-16(25(28)29)10-15(21(19)27)12-23-24-20(26)13-22-18-9-5-7-14-6-3-4-8-17(14)18/h3-12,22,27H,2,13H2,1H3,(H,24,26)/b23-12+. The van der Waals surface area contributed by atoms with Crippen LogP contribution in [0.1, 0.15) is 12.5 Å². The second-order valence-corrected chi connectivity index (χ2v) is 6.25. The maximum atomic E-state index is 12.1. The first-order valence-corrected chi connectivity index (χ1v) is 9.17. The van der Waals surface area contributed by atoms with Crippen LogP contribution >= 0.6 is 0 Å². The van der Waals surface area contributed by atoms with Crippen molar-refractivity contribution in [2.24, 2.45) is 5.10 Å². The number of non-ortho nitro benzene ring substituents is 1. The van der Waals surface area contributed by atoms with Gasteiger partial charge in [0.1, 0.15) is 0 Å². The maximum absolute atomic E-state index is 12.1. The Kier molecular flexibility index (Phi) is 6.43.